The van der Waals surface area contributed by atoms with Crippen molar-refractivity contribution in [2.45, 2.75) is 6.42 Å². The van der Waals surface area contributed by atoms with Gasteiger partial charge in [0.2, 0.25) is 23.5 Å². The first-order valence-electron chi connectivity index (χ1n) is 8.19. The average molecular weight is 364 g/mol. The molecule has 0 N–H and O–H groups in total. The van der Waals surface area contributed by atoms with Gasteiger partial charge in [-0.1, -0.05) is 11.2 Å². The van der Waals surface area contributed by atoms with Crippen LogP contribution in [0, 0.1) is 0 Å². The fourth-order valence-corrected chi connectivity index (χ4v) is 2.51. The zero-order valence-corrected chi connectivity index (χ0v) is 14.7. The Morgan fingerprint density at radius 1 is 0.852 bits per heavy atom. The summed E-state index contributed by atoms with van der Waals surface area (Å²) in [5, 5.41) is 12.1. The molecule has 2 aromatic carbocycles. The van der Waals surface area contributed by atoms with Crippen molar-refractivity contribution in [1.82, 2.24) is 20.3 Å². The number of benzene rings is 2. The zero-order valence-electron chi connectivity index (χ0n) is 14.7. The molecule has 0 spiro atoms. The van der Waals surface area contributed by atoms with E-state index in [9.17, 15) is 0 Å². The Bertz CT molecular complexity index is 1040. The van der Waals surface area contributed by atoms with E-state index >= 15 is 0 Å². The van der Waals surface area contributed by atoms with Crippen molar-refractivity contribution in [1.29, 1.82) is 0 Å². The topological polar surface area (TPSA) is 96.3 Å². The van der Waals surface area contributed by atoms with E-state index in [4.69, 9.17) is 18.4 Å². The van der Waals surface area contributed by atoms with Gasteiger partial charge in [-0.25, -0.2) is 0 Å². The zero-order chi connectivity index (χ0) is 18.6. The van der Waals surface area contributed by atoms with Gasteiger partial charge >= 0.3 is 0 Å². The van der Waals surface area contributed by atoms with Crippen molar-refractivity contribution in [3.63, 3.8) is 0 Å². The molecule has 2 aromatic heterocycles. The SMILES string of the molecule is COc1ccc(-c2noc(Cc3nnc(-c4cccc(OC)c4)o3)n2)cc1. The van der Waals surface area contributed by atoms with Gasteiger partial charge in [0.1, 0.15) is 17.9 Å². The Hall–Kier alpha value is -3.68. The summed E-state index contributed by atoms with van der Waals surface area (Å²) >= 11 is 0. The van der Waals surface area contributed by atoms with Crippen LogP contribution in [0.1, 0.15) is 11.8 Å². The van der Waals surface area contributed by atoms with Crippen LogP contribution in [0.3, 0.4) is 0 Å². The van der Waals surface area contributed by atoms with Crippen LogP contribution >= 0.6 is 0 Å². The van der Waals surface area contributed by atoms with E-state index < -0.39 is 0 Å². The lowest BCUT2D eigenvalue weighted by Gasteiger charge is -1.99. The largest absolute Gasteiger partial charge is 0.497 e. The summed E-state index contributed by atoms with van der Waals surface area (Å²) in [4.78, 5) is 4.37. The maximum absolute atomic E-state index is 5.70. The molecule has 0 atom stereocenters. The monoisotopic (exact) mass is 364 g/mol. The highest BCUT2D eigenvalue weighted by Crippen LogP contribution is 2.24. The normalized spacial score (nSPS) is 10.7. The molecule has 8 heteroatoms. The lowest BCUT2D eigenvalue weighted by molar-refractivity contribution is 0.374. The highest BCUT2D eigenvalue weighted by molar-refractivity contribution is 5.56. The van der Waals surface area contributed by atoms with Crippen LogP contribution in [0.4, 0.5) is 0 Å². The second kappa shape index (κ2) is 7.28. The van der Waals surface area contributed by atoms with Gasteiger partial charge in [0, 0.05) is 11.1 Å². The van der Waals surface area contributed by atoms with Crippen molar-refractivity contribution in [3.05, 3.63) is 60.3 Å². The standard InChI is InChI=1S/C19H16N4O4/c1-24-14-8-6-12(7-9-14)18-20-16(27-23-18)11-17-21-22-19(26-17)13-4-3-5-15(10-13)25-2/h3-10H,11H2,1-2H3. The summed E-state index contributed by atoms with van der Waals surface area (Å²) in [6.45, 7) is 0. The van der Waals surface area contributed by atoms with Gasteiger partial charge in [-0.15, -0.1) is 10.2 Å². The molecule has 4 aromatic rings. The third-order valence-electron chi connectivity index (χ3n) is 3.90. The molecule has 0 fully saturated rings. The van der Waals surface area contributed by atoms with Crippen LogP contribution in [0.25, 0.3) is 22.8 Å². The van der Waals surface area contributed by atoms with Crippen molar-refractivity contribution < 1.29 is 18.4 Å². The summed E-state index contributed by atoms with van der Waals surface area (Å²) in [7, 11) is 3.22. The van der Waals surface area contributed by atoms with Gasteiger partial charge in [0.15, 0.2) is 0 Å². The third-order valence-corrected chi connectivity index (χ3v) is 3.90. The molecule has 0 saturated carbocycles. The maximum Gasteiger partial charge on any atom is 0.247 e. The lowest BCUT2D eigenvalue weighted by Crippen LogP contribution is -1.89. The molecular formula is C19H16N4O4. The van der Waals surface area contributed by atoms with Crippen LogP contribution in [0.5, 0.6) is 11.5 Å². The van der Waals surface area contributed by atoms with Crippen molar-refractivity contribution >= 4 is 0 Å². The summed E-state index contributed by atoms with van der Waals surface area (Å²) < 4.78 is 21.3. The average Bonchev–Trinajstić information content (AvgIpc) is 3.38. The summed E-state index contributed by atoms with van der Waals surface area (Å²) in [6, 6.07) is 14.8. The molecule has 4 rings (SSSR count). The van der Waals surface area contributed by atoms with Crippen molar-refractivity contribution in [3.8, 4) is 34.3 Å². The summed E-state index contributed by atoms with van der Waals surface area (Å²) in [5.74, 6) is 3.14. The van der Waals surface area contributed by atoms with Gasteiger partial charge in [0.05, 0.1) is 14.2 Å². The smallest absolute Gasteiger partial charge is 0.247 e. The van der Waals surface area contributed by atoms with Crippen LogP contribution in [0.2, 0.25) is 0 Å². The molecular weight excluding hydrogens is 348 g/mol. The van der Waals surface area contributed by atoms with Gasteiger partial charge in [0.25, 0.3) is 0 Å². The first kappa shape index (κ1) is 16.8. The maximum atomic E-state index is 5.70. The van der Waals surface area contributed by atoms with Gasteiger partial charge < -0.3 is 18.4 Å². The molecule has 0 unspecified atom stereocenters. The molecule has 0 aliphatic rings. The Balaban J connectivity index is 1.50. The molecule has 27 heavy (non-hydrogen) atoms. The number of ether oxygens (including phenoxy) is 2. The minimum Gasteiger partial charge on any atom is -0.497 e. The highest BCUT2D eigenvalue weighted by atomic mass is 16.5. The first-order chi connectivity index (χ1) is 13.2. The number of hydrogen-bond acceptors (Lipinski definition) is 8. The number of hydrogen-bond donors (Lipinski definition) is 0. The predicted molar refractivity (Wildman–Crippen MR) is 95.4 cm³/mol. The molecule has 2 heterocycles. The van der Waals surface area contributed by atoms with Crippen LogP contribution < -0.4 is 9.47 Å². The Kier molecular flexibility index (Phi) is 4.52. The van der Waals surface area contributed by atoms with Crippen LogP contribution in [-0.2, 0) is 6.42 Å². The van der Waals surface area contributed by atoms with Crippen LogP contribution in [0.15, 0.2) is 57.5 Å². The van der Waals surface area contributed by atoms with E-state index in [0.717, 1.165) is 16.9 Å². The second-order valence-electron chi connectivity index (χ2n) is 5.65. The third kappa shape index (κ3) is 3.64. The quantitative estimate of drug-likeness (QED) is 0.514. The molecule has 0 aliphatic heterocycles. The highest BCUT2D eigenvalue weighted by Gasteiger charge is 2.15. The fourth-order valence-electron chi connectivity index (χ4n) is 2.51. The van der Waals surface area contributed by atoms with Crippen LogP contribution in [-0.4, -0.2) is 34.6 Å². The van der Waals surface area contributed by atoms with Gasteiger partial charge in [-0.3, -0.25) is 0 Å². The Labute approximate surface area is 154 Å². The molecule has 0 saturated heterocycles. The van der Waals surface area contributed by atoms with E-state index in [1.807, 2.05) is 48.5 Å². The number of nitrogens with zero attached hydrogens (tertiary/aromatic N) is 4. The van der Waals surface area contributed by atoms with Gasteiger partial charge in [-0.05, 0) is 42.5 Å². The Morgan fingerprint density at radius 3 is 2.44 bits per heavy atom. The van der Waals surface area contributed by atoms with Crippen molar-refractivity contribution in [2.75, 3.05) is 14.2 Å². The number of rotatable bonds is 6. The molecule has 0 radical (unpaired) electrons. The summed E-state index contributed by atoms with van der Waals surface area (Å²) in [6.07, 6.45) is 0.250. The molecule has 0 bridgehead atoms. The first-order valence-corrected chi connectivity index (χ1v) is 8.19. The number of methoxy groups -OCH3 is 2. The molecule has 0 aliphatic carbocycles. The van der Waals surface area contributed by atoms with Gasteiger partial charge in [-0.2, -0.15) is 4.98 Å². The second-order valence-corrected chi connectivity index (χ2v) is 5.65. The van der Waals surface area contributed by atoms with E-state index in [-0.39, 0.29) is 6.42 Å². The Morgan fingerprint density at radius 2 is 1.67 bits per heavy atom. The van der Waals surface area contributed by atoms with E-state index in [2.05, 4.69) is 20.3 Å². The number of aromatic nitrogens is 4. The lowest BCUT2D eigenvalue weighted by atomic mass is 10.2. The minimum absolute atomic E-state index is 0.250. The molecule has 0 amide bonds. The van der Waals surface area contributed by atoms with E-state index in [1.165, 1.54) is 0 Å². The molecule has 8 nitrogen and oxygen atoms in total. The van der Waals surface area contributed by atoms with Crippen molar-refractivity contribution in [2.24, 2.45) is 0 Å². The fraction of sp³-hybridized carbons (Fsp3) is 0.158. The van der Waals surface area contributed by atoms with E-state index in [1.54, 1.807) is 14.2 Å². The summed E-state index contributed by atoms with van der Waals surface area (Å²) in [5.41, 5.74) is 1.60. The predicted octanol–water partition coefficient (Wildman–Crippen LogP) is 3.39. The van der Waals surface area contributed by atoms with E-state index in [0.29, 0.717) is 29.2 Å². The molecule has 136 valence electrons. The minimum atomic E-state index is 0.250.